The van der Waals surface area contributed by atoms with Crippen LogP contribution in [-0.4, -0.2) is 36.8 Å². The Morgan fingerprint density at radius 2 is 1.88 bits per heavy atom. The molecule has 0 aromatic heterocycles. The van der Waals surface area contributed by atoms with Crippen LogP contribution in [0.1, 0.15) is 30.9 Å². The molecule has 3 nitrogen and oxygen atoms in total. The molecule has 0 aliphatic rings. The second kappa shape index (κ2) is 8.23. The van der Waals surface area contributed by atoms with Crippen molar-refractivity contribution in [3.05, 3.63) is 35.9 Å². The van der Waals surface area contributed by atoms with Crippen LogP contribution in [0.2, 0.25) is 0 Å². The molecular formula is C14H24N2O. The van der Waals surface area contributed by atoms with Crippen molar-refractivity contribution in [1.29, 1.82) is 0 Å². The Labute approximate surface area is 104 Å². The Balaban J connectivity index is 2.44. The van der Waals surface area contributed by atoms with E-state index in [4.69, 9.17) is 10.8 Å². The summed E-state index contributed by atoms with van der Waals surface area (Å²) in [7, 11) is 2.11. The van der Waals surface area contributed by atoms with Gasteiger partial charge >= 0.3 is 0 Å². The van der Waals surface area contributed by atoms with Crippen molar-refractivity contribution in [1.82, 2.24) is 4.90 Å². The van der Waals surface area contributed by atoms with Crippen molar-refractivity contribution >= 4 is 0 Å². The highest BCUT2D eigenvalue weighted by molar-refractivity contribution is 5.19. The maximum atomic E-state index is 8.73. The summed E-state index contributed by atoms with van der Waals surface area (Å²) in [6.07, 6.45) is 3.08. The molecule has 0 bridgehead atoms. The molecule has 96 valence electrons. The summed E-state index contributed by atoms with van der Waals surface area (Å²) in [6, 6.07) is 10.7. The smallest absolute Gasteiger partial charge is 0.0467 e. The SMILES string of the molecule is CN(CCCCCO)C(CN)c1ccccc1. The van der Waals surface area contributed by atoms with Gasteiger partial charge in [-0.2, -0.15) is 0 Å². The molecule has 0 aliphatic carbocycles. The number of hydrogen-bond acceptors (Lipinski definition) is 3. The first-order valence-electron chi connectivity index (χ1n) is 6.35. The number of nitrogens with two attached hydrogens (primary N) is 1. The van der Waals surface area contributed by atoms with Crippen LogP contribution in [0.25, 0.3) is 0 Å². The van der Waals surface area contributed by atoms with Gasteiger partial charge < -0.3 is 10.8 Å². The molecule has 0 saturated carbocycles. The quantitative estimate of drug-likeness (QED) is 0.676. The van der Waals surface area contributed by atoms with Crippen LogP contribution in [0.15, 0.2) is 30.3 Å². The Morgan fingerprint density at radius 1 is 1.18 bits per heavy atom. The van der Waals surface area contributed by atoms with Crippen molar-refractivity contribution in [2.24, 2.45) is 5.73 Å². The average molecular weight is 236 g/mol. The lowest BCUT2D eigenvalue weighted by molar-refractivity contribution is 0.236. The molecular weight excluding hydrogens is 212 g/mol. The van der Waals surface area contributed by atoms with E-state index >= 15 is 0 Å². The molecule has 0 amide bonds. The maximum absolute atomic E-state index is 8.73. The largest absolute Gasteiger partial charge is 0.396 e. The minimum Gasteiger partial charge on any atom is -0.396 e. The van der Waals surface area contributed by atoms with Crippen LogP contribution in [0.5, 0.6) is 0 Å². The van der Waals surface area contributed by atoms with Crippen molar-refractivity contribution in [2.45, 2.75) is 25.3 Å². The third kappa shape index (κ3) is 4.86. The maximum Gasteiger partial charge on any atom is 0.0467 e. The van der Waals surface area contributed by atoms with Crippen LogP contribution in [0.4, 0.5) is 0 Å². The minimum absolute atomic E-state index is 0.294. The van der Waals surface area contributed by atoms with Crippen LogP contribution in [-0.2, 0) is 0 Å². The van der Waals surface area contributed by atoms with Gasteiger partial charge in [0.05, 0.1) is 0 Å². The Kier molecular flexibility index (Phi) is 6.86. The fraction of sp³-hybridized carbons (Fsp3) is 0.571. The molecule has 17 heavy (non-hydrogen) atoms. The van der Waals surface area contributed by atoms with E-state index in [0.717, 1.165) is 25.8 Å². The zero-order valence-corrected chi connectivity index (χ0v) is 10.7. The van der Waals surface area contributed by atoms with E-state index in [9.17, 15) is 0 Å². The van der Waals surface area contributed by atoms with Crippen molar-refractivity contribution in [2.75, 3.05) is 26.7 Å². The number of rotatable bonds is 8. The molecule has 1 atom stereocenters. The molecule has 1 rings (SSSR count). The van der Waals surface area contributed by atoms with Gasteiger partial charge in [-0.15, -0.1) is 0 Å². The normalized spacial score (nSPS) is 12.9. The molecule has 0 fully saturated rings. The number of hydrogen-bond donors (Lipinski definition) is 2. The van der Waals surface area contributed by atoms with Crippen LogP contribution in [0, 0.1) is 0 Å². The lowest BCUT2D eigenvalue weighted by Gasteiger charge is -2.27. The summed E-state index contributed by atoms with van der Waals surface area (Å²) in [5.74, 6) is 0. The molecule has 1 unspecified atom stereocenters. The third-order valence-corrected chi connectivity index (χ3v) is 3.11. The molecule has 0 heterocycles. The van der Waals surface area contributed by atoms with Crippen molar-refractivity contribution < 1.29 is 5.11 Å². The van der Waals surface area contributed by atoms with Crippen LogP contribution in [0.3, 0.4) is 0 Å². The second-order valence-electron chi connectivity index (χ2n) is 4.43. The predicted molar refractivity (Wildman–Crippen MR) is 71.8 cm³/mol. The summed E-state index contributed by atoms with van der Waals surface area (Å²) in [5.41, 5.74) is 7.13. The molecule has 1 aromatic rings. The first kappa shape index (κ1) is 14.2. The van der Waals surface area contributed by atoms with Crippen molar-refractivity contribution in [3.8, 4) is 0 Å². The van der Waals surface area contributed by atoms with E-state index in [2.05, 4.69) is 36.2 Å². The van der Waals surface area contributed by atoms with Gasteiger partial charge in [0.1, 0.15) is 0 Å². The Morgan fingerprint density at radius 3 is 2.47 bits per heavy atom. The van der Waals surface area contributed by atoms with Gasteiger partial charge in [-0.25, -0.2) is 0 Å². The monoisotopic (exact) mass is 236 g/mol. The Bertz CT molecular complexity index is 290. The highest BCUT2D eigenvalue weighted by Gasteiger charge is 2.14. The summed E-state index contributed by atoms with van der Waals surface area (Å²) in [4.78, 5) is 2.30. The average Bonchev–Trinajstić information content (AvgIpc) is 2.37. The van der Waals surface area contributed by atoms with Crippen LogP contribution < -0.4 is 5.73 Å². The lowest BCUT2D eigenvalue weighted by atomic mass is 10.1. The number of unbranched alkanes of at least 4 members (excludes halogenated alkanes) is 2. The number of nitrogens with zero attached hydrogens (tertiary/aromatic N) is 1. The number of benzene rings is 1. The van der Waals surface area contributed by atoms with Gasteiger partial charge in [0, 0.05) is 19.2 Å². The highest BCUT2D eigenvalue weighted by atomic mass is 16.2. The van der Waals surface area contributed by atoms with E-state index in [1.807, 2.05) is 6.07 Å². The first-order chi connectivity index (χ1) is 8.29. The molecule has 0 spiro atoms. The second-order valence-corrected chi connectivity index (χ2v) is 4.43. The van der Waals surface area contributed by atoms with E-state index < -0.39 is 0 Å². The fourth-order valence-corrected chi connectivity index (χ4v) is 2.05. The first-order valence-corrected chi connectivity index (χ1v) is 6.35. The van der Waals surface area contributed by atoms with Crippen molar-refractivity contribution in [3.63, 3.8) is 0 Å². The van der Waals surface area contributed by atoms with Gasteiger partial charge in [-0.1, -0.05) is 30.3 Å². The third-order valence-electron chi connectivity index (χ3n) is 3.11. The molecule has 3 heteroatoms. The number of aliphatic hydroxyl groups is 1. The van der Waals surface area contributed by atoms with E-state index in [-0.39, 0.29) is 0 Å². The number of likely N-dealkylation sites (N-methyl/N-ethyl adjacent to an activating group) is 1. The van der Waals surface area contributed by atoms with Gasteiger partial charge in [-0.3, -0.25) is 4.90 Å². The van der Waals surface area contributed by atoms with E-state index in [1.54, 1.807) is 0 Å². The van der Waals surface area contributed by atoms with Crippen LogP contribution >= 0.6 is 0 Å². The topological polar surface area (TPSA) is 49.5 Å². The zero-order chi connectivity index (χ0) is 12.5. The van der Waals surface area contributed by atoms with Gasteiger partial charge in [0.2, 0.25) is 0 Å². The molecule has 1 aromatic carbocycles. The minimum atomic E-state index is 0.294. The summed E-state index contributed by atoms with van der Waals surface area (Å²) >= 11 is 0. The fourth-order valence-electron chi connectivity index (χ4n) is 2.05. The summed E-state index contributed by atoms with van der Waals surface area (Å²) < 4.78 is 0. The van der Waals surface area contributed by atoms with Gasteiger partial charge in [-0.05, 0) is 38.4 Å². The highest BCUT2D eigenvalue weighted by Crippen LogP contribution is 2.18. The molecule has 0 saturated heterocycles. The number of aliphatic hydroxyl groups excluding tert-OH is 1. The molecule has 0 radical (unpaired) electrons. The Hall–Kier alpha value is -0.900. The van der Waals surface area contributed by atoms with E-state index in [1.165, 1.54) is 5.56 Å². The molecule has 3 N–H and O–H groups in total. The summed E-state index contributed by atoms with van der Waals surface area (Å²) in [5, 5.41) is 8.73. The standard InChI is InChI=1S/C14H24N2O/c1-16(10-6-3-7-11-17)14(12-15)13-8-4-2-5-9-13/h2,4-5,8-9,14,17H,3,6-7,10-12,15H2,1H3. The lowest BCUT2D eigenvalue weighted by Crippen LogP contribution is -2.31. The predicted octanol–water partition coefficient (Wildman–Crippen LogP) is 1.78. The van der Waals surface area contributed by atoms with Gasteiger partial charge in [0.15, 0.2) is 0 Å². The molecule has 0 aliphatic heterocycles. The van der Waals surface area contributed by atoms with Gasteiger partial charge in [0.25, 0.3) is 0 Å². The summed E-state index contributed by atoms with van der Waals surface area (Å²) in [6.45, 7) is 1.96. The van der Waals surface area contributed by atoms with E-state index in [0.29, 0.717) is 19.2 Å². The zero-order valence-electron chi connectivity index (χ0n) is 10.7.